The van der Waals surface area contributed by atoms with Gasteiger partial charge in [0, 0.05) is 23.8 Å². The van der Waals surface area contributed by atoms with Gasteiger partial charge in [0.15, 0.2) is 5.75 Å². The number of hydrogen-bond acceptors (Lipinski definition) is 5. The van der Waals surface area contributed by atoms with E-state index < -0.39 is 4.92 Å². The Morgan fingerprint density at radius 1 is 1.37 bits per heavy atom. The van der Waals surface area contributed by atoms with Gasteiger partial charge in [0.1, 0.15) is 0 Å². The SMILES string of the molecule is COc1ccc(NC2CCC(N)CC2)cc1[N+](=O)[O-]. The highest BCUT2D eigenvalue weighted by Gasteiger charge is 2.20. The second kappa shape index (κ2) is 5.88. The van der Waals surface area contributed by atoms with Gasteiger partial charge in [-0.3, -0.25) is 10.1 Å². The van der Waals surface area contributed by atoms with Gasteiger partial charge >= 0.3 is 5.69 Å². The smallest absolute Gasteiger partial charge is 0.312 e. The number of nitrogens with two attached hydrogens (primary N) is 1. The second-order valence-corrected chi connectivity index (χ2v) is 4.90. The molecule has 104 valence electrons. The van der Waals surface area contributed by atoms with Crippen molar-refractivity contribution in [2.45, 2.75) is 37.8 Å². The van der Waals surface area contributed by atoms with Gasteiger partial charge in [0.2, 0.25) is 0 Å². The number of nitro benzene ring substituents is 1. The van der Waals surface area contributed by atoms with Crippen molar-refractivity contribution < 1.29 is 9.66 Å². The molecular weight excluding hydrogens is 246 g/mol. The van der Waals surface area contributed by atoms with Crippen LogP contribution in [-0.4, -0.2) is 24.1 Å². The van der Waals surface area contributed by atoms with Crippen molar-refractivity contribution in [3.8, 4) is 5.75 Å². The third kappa shape index (κ3) is 3.35. The lowest BCUT2D eigenvalue weighted by Gasteiger charge is -2.27. The zero-order valence-electron chi connectivity index (χ0n) is 11.0. The molecule has 1 aliphatic rings. The van der Waals surface area contributed by atoms with E-state index in [0.717, 1.165) is 31.4 Å². The number of anilines is 1. The Morgan fingerprint density at radius 3 is 2.63 bits per heavy atom. The van der Waals surface area contributed by atoms with Crippen LogP contribution in [0.25, 0.3) is 0 Å². The molecule has 0 unspecified atom stereocenters. The fourth-order valence-electron chi connectivity index (χ4n) is 2.42. The predicted octanol–water partition coefficient (Wildman–Crippen LogP) is 2.29. The summed E-state index contributed by atoms with van der Waals surface area (Å²) in [6, 6.07) is 5.58. The summed E-state index contributed by atoms with van der Waals surface area (Å²) in [4.78, 5) is 10.5. The molecule has 6 heteroatoms. The van der Waals surface area contributed by atoms with Crippen LogP contribution in [0.4, 0.5) is 11.4 Å². The third-order valence-corrected chi connectivity index (χ3v) is 3.52. The number of methoxy groups -OCH3 is 1. The van der Waals surface area contributed by atoms with Crippen LogP contribution in [0.2, 0.25) is 0 Å². The Bertz CT molecular complexity index is 456. The first kappa shape index (κ1) is 13.6. The third-order valence-electron chi connectivity index (χ3n) is 3.52. The molecule has 0 radical (unpaired) electrons. The first-order valence-electron chi connectivity index (χ1n) is 6.44. The minimum absolute atomic E-state index is 0.0139. The van der Waals surface area contributed by atoms with Crippen molar-refractivity contribution in [1.82, 2.24) is 0 Å². The summed E-state index contributed by atoms with van der Waals surface area (Å²) in [6.45, 7) is 0. The van der Waals surface area contributed by atoms with Crippen LogP contribution < -0.4 is 15.8 Å². The highest BCUT2D eigenvalue weighted by molar-refractivity contribution is 5.58. The van der Waals surface area contributed by atoms with Crippen LogP contribution in [-0.2, 0) is 0 Å². The number of rotatable bonds is 4. The monoisotopic (exact) mass is 265 g/mol. The van der Waals surface area contributed by atoms with E-state index in [1.54, 1.807) is 12.1 Å². The Hall–Kier alpha value is -1.82. The van der Waals surface area contributed by atoms with Crippen molar-refractivity contribution in [2.24, 2.45) is 5.73 Å². The van der Waals surface area contributed by atoms with E-state index in [0.29, 0.717) is 12.1 Å². The van der Waals surface area contributed by atoms with E-state index in [-0.39, 0.29) is 11.4 Å². The molecule has 1 aromatic carbocycles. The summed E-state index contributed by atoms with van der Waals surface area (Å²) in [5, 5.41) is 14.3. The molecular formula is C13H19N3O3. The number of hydrogen-bond donors (Lipinski definition) is 2. The van der Waals surface area contributed by atoms with Gasteiger partial charge < -0.3 is 15.8 Å². The van der Waals surface area contributed by atoms with E-state index in [4.69, 9.17) is 10.5 Å². The summed E-state index contributed by atoms with van der Waals surface area (Å²) < 4.78 is 4.98. The zero-order valence-corrected chi connectivity index (χ0v) is 11.0. The quantitative estimate of drug-likeness (QED) is 0.644. The van der Waals surface area contributed by atoms with E-state index in [9.17, 15) is 10.1 Å². The van der Waals surface area contributed by atoms with Crippen LogP contribution in [0.1, 0.15) is 25.7 Å². The molecule has 0 amide bonds. The average Bonchev–Trinajstić information content (AvgIpc) is 2.41. The van der Waals surface area contributed by atoms with Gasteiger partial charge in [0.25, 0.3) is 0 Å². The zero-order chi connectivity index (χ0) is 13.8. The minimum atomic E-state index is -0.430. The Kier molecular flexibility index (Phi) is 4.21. The summed E-state index contributed by atoms with van der Waals surface area (Å²) in [6.07, 6.45) is 3.99. The van der Waals surface area contributed by atoms with Gasteiger partial charge in [-0.15, -0.1) is 0 Å². The summed E-state index contributed by atoms with van der Waals surface area (Å²) in [7, 11) is 1.43. The maximum atomic E-state index is 10.9. The van der Waals surface area contributed by atoms with Crippen LogP contribution >= 0.6 is 0 Å². The first-order valence-corrected chi connectivity index (χ1v) is 6.44. The molecule has 1 fully saturated rings. The number of benzene rings is 1. The Balaban J connectivity index is 2.08. The van der Waals surface area contributed by atoms with Crippen molar-refractivity contribution >= 4 is 11.4 Å². The van der Waals surface area contributed by atoms with Crippen LogP contribution in [0, 0.1) is 10.1 Å². The van der Waals surface area contributed by atoms with Gasteiger partial charge in [0.05, 0.1) is 12.0 Å². The molecule has 0 saturated heterocycles. The number of nitro groups is 1. The molecule has 19 heavy (non-hydrogen) atoms. The molecule has 1 aliphatic carbocycles. The van der Waals surface area contributed by atoms with Crippen LogP contribution in [0.3, 0.4) is 0 Å². The number of ether oxygens (including phenoxy) is 1. The molecule has 0 aliphatic heterocycles. The summed E-state index contributed by atoms with van der Waals surface area (Å²) in [5.74, 6) is 0.279. The normalized spacial score (nSPS) is 22.8. The number of nitrogens with zero attached hydrogens (tertiary/aromatic N) is 1. The summed E-state index contributed by atoms with van der Waals surface area (Å²) >= 11 is 0. The van der Waals surface area contributed by atoms with E-state index in [1.807, 2.05) is 0 Å². The fourth-order valence-corrected chi connectivity index (χ4v) is 2.42. The highest BCUT2D eigenvalue weighted by atomic mass is 16.6. The van der Waals surface area contributed by atoms with Crippen molar-refractivity contribution in [3.63, 3.8) is 0 Å². The van der Waals surface area contributed by atoms with Crippen molar-refractivity contribution in [1.29, 1.82) is 0 Å². The van der Waals surface area contributed by atoms with Crippen molar-refractivity contribution in [3.05, 3.63) is 28.3 Å². The lowest BCUT2D eigenvalue weighted by Crippen LogP contribution is -2.32. The molecule has 6 nitrogen and oxygen atoms in total. The predicted molar refractivity (Wildman–Crippen MR) is 73.5 cm³/mol. The molecule has 0 aromatic heterocycles. The topological polar surface area (TPSA) is 90.4 Å². The van der Waals surface area contributed by atoms with Crippen LogP contribution in [0.5, 0.6) is 5.75 Å². The Morgan fingerprint density at radius 2 is 2.05 bits per heavy atom. The van der Waals surface area contributed by atoms with Gasteiger partial charge in [-0.05, 0) is 37.8 Å². The molecule has 1 saturated carbocycles. The molecule has 1 aromatic rings. The van der Waals surface area contributed by atoms with Gasteiger partial charge in [-0.1, -0.05) is 0 Å². The molecule has 0 atom stereocenters. The molecule has 2 rings (SSSR count). The standard InChI is InChI=1S/C13H19N3O3/c1-19-13-7-6-11(8-12(13)16(17)18)15-10-4-2-9(14)3-5-10/h6-10,15H,2-5,14H2,1H3. The largest absolute Gasteiger partial charge is 0.490 e. The highest BCUT2D eigenvalue weighted by Crippen LogP contribution is 2.31. The molecule has 3 N–H and O–H groups in total. The van der Waals surface area contributed by atoms with Gasteiger partial charge in [-0.25, -0.2) is 0 Å². The Labute approximate surface area is 112 Å². The fraction of sp³-hybridized carbons (Fsp3) is 0.538. The number of nitrogens with one attached hydrogen (secondary N) is 1. The van der Waals surface area contributed by atoms with Crippen LogP contribution in [0.15, 0.2) is 18.2 Å². The molecule has 0 bridgehead atoms. The molecule has 0 spiro atoms. The maximum absolute atomic E-state index is 10.9. The summed E-state index contributed by atoms with van der Waals surface area (Å²) in [5.41, 5.74) is 6.60. The second-order valence-electron chi connectivity index (χ2n) is 4.90. The van der Waals surface area contributed by atoms with E-state index >= 15 is 0 Å². The maximum Gasteiger partial charge on any atom is 0.312 e. The lowest BCUT2D eigenvalue weighted by atomic mass is 9.91. The van der Waals surface area contributed by atoms with Crippen molar-refractivity contribution in [2.75, 3.05) is 12.4 Å². The van der Waals surface area contributed by atoms with E-state index in [2.05, 4.69) is 5.32 Å². The lowest BCUT2D eigenvalue weighted by molar-refractivity contribution is -0.385. The van der Waals surface area contributed by atoms with Gasteiger partial charge in [-0.2, -0.15) is 0 Å². The average molecular weight is 265 g/mol. The first-order chi connectivity index (χ1) is 9.10. The molecule has 0 heterocycles. The van der Waals surface area contributed by atoms with E-state index in [1.165, 1.54) is 13.2 Å². The minimum Gasteiger partial charge on any atom is -0.490 e.